The lowest BCUT2D eigenvalue weighted by atomic mass is 9.95. The molecule has 0 spiro atoms. The van der Waals surface area contributed by atoms with Crippen LogP contribution < -0.4 is 5.32 Å². The molecule has 1 aromatic carbocycles. The van der Waals surface area contributed by atoms with Gasteiger partial charge in [-0.3, -0.25) is 9.48 Å². The monoisotopic (exact) mass is 502 g/mol. The number of ether oxygens (including phenoxy) is 1. The molecular weight excluding hydrogens is 472 g/mol. The lowest BCUT2D eigenvalue weighted by molar-refractivity contribution is 0.0378. The van der Waals surface area contributed by atoms with Gasteiger partial charge >= 0.3 is 5.97 Å². The maximum absolute atomic E-state index is 13.8. The Kier molecular flexibility index (Phi) is 6.62. The highest BCUT2D eigenvalue weighted by molar-refractivity contribution is 7.17. The Morgan fingerprint density at radius 1 is 1.19 bits per heavy atom. The molecule has 0 saturated carbocycles. The molecule has 1 N–H and O–H groups in total. The van der Waals surface area contributed by atoms with Crippen LogP contribution in [0, 0.1) is 6.92 Å². The first-order chi connectivity index (χ1) is 17.4. The topological polar surface area (TPSA) is 86.1 Å². The van der Waals surface area contributed by atoms with E-state index in [0.717, 1.165) is 64.8 Å². The highest BCUT2D eigenvalue weighted by Crippen LogP contribution is 2.39. The Bertz CT molecular complexity index is 1470. The minimum atomic E-state index is -0.373. The molecule has 0 atom stereocenters. The molecule has 3 aromatic heterocycles. The van der Waals surface area contributed by atoms with Crippen molar-refractivity contribution in [3.05, 3.63) is 63.8 Å². The first kappa shape index (κ1) is 24.2. The summed E-state index contributed by atoms with van der Waals surface area (Å²) >= 11 is 1.49. The van der Waals surface area contributed by atoms with Crippen molar-refractivity contribution in [1.82, 2.24) is 14.8 Å². The van der Waals surface area contributed by atoms with E-state index in [-0.39, 0.29) is 18.0 Å². The zero-order chi connectivity index (χ0) is 25.4. The van der Waals surface area contributed by atoms with E-state index in [4.69, 9.17) is 9.72 Å². The van der Waals surface area contributed by atoms with E-state index in [2.05, 4.69) is 10.4 Å². The number of carbonyl (C=O) groups excluding carboxylic acids is 2. The first-order valence-corrected chi connectivity index (χ1v) is 13.3. The number of benzene rings is 1. The van der Waals surface area contributed by atoms with Gasteiger partial charge in [0, 0.05) is 28.6 Å². The molecule has 36 heavy (non-hydrogen) atoms. The van der Waals surface area contributed by atoms with Crippen molar-refractivity contribution >= 4 is 39.1 Å². The maximum atomic E-state index is 13.8. The molecule has 0 bridgehead atoms. The van der Waals surface area contributed by atoms with Gasteiger partial charge in [0.2, 0.25) is 0 Å². The molecule has 186 valence electrons. The van der Waals surface area contributed by atoms with E-state index in [1.54, 1.807) is 0 Å². The number of hydrogen-bond acceptors (Lipinski definition) is 6. The fraction of sp³-hybridized carbons (Fsp3) is 0.357. The maximum Gasteiger partial charge on any atom is 0.341 e. The quantitative estimate of drug-likeness (QED) is 0.318. The number of carbonyl (C=O) groups is 2. The van der Waals surface area contributed by atoms with Crippen molar-refractivity contribution < 1.29 is 14.3 Å². The fourth-order valence-corrected chi connectivity index (χ4v) is 6.02. The molecular formula is C28H30N4O3S. The predicted molar refractivity (Wildman–Crippen MR) is 143 cm³/mol. The molecule has 4 aromatic rings. The van der Waals surface area contributed by atoms with E-state index >= 15 is 0 Å². The molecule has 7 nitrogen and oxygen atoms in total. The van der Waals surface area contributed by atoms with Crippen LogP contribution in [-0.4, -0.2) is 32.7 Å². The summed E-state index contributed by atoms with van der Waals surface area (Å²) in [6.07, 6.45) is 5.58. The van der Waals surface area contributed by atoms with Crippen LogP contribution in [0.2, 0.25) is 0 Å². The normalized spacial score (nSPS) is 13.1. The van der Waals surface area contributed by atoms with Crippen LogP contribution in [0.3, 0.4) is 0 Å². The number of anilines is 1. The Hall–Kier alpha value is -3.52. The second kappa shape index (κ2) is 9.85. The van der Waals surface area contributed by atoms with Gasteiger partial charge in [0.25, 0.3) is 5.91 Å². The smallest absolute Gasteiger partial charge is 0.341 e. The van der Waals surface area contributed by atoms with Crippen LogP contribution in [-0.2, 0) is 24.1 Å². The molecule has 0 unspecified atom stereocenters. The number of amides is 1. The lowest BCUT2D eigenvalue weighted by Gasteiger charge is -2.14. The first-order valence-electron chi connectivity index (χ1n) is 12.5. The number of para-hydroxylation sites is 1. The summed E-state index contributed by atoms with van der Waals surface area (Å²) < 4.78 is 7.42. The van der Waals surface area contributed by atoms with Gasteiger partial charge in [-0.05, 0) is 71.1 Å². The molecule has 1 aliphatic rings. The number of fused-ring (bicyclic) bond motifs is 2. The highest BCUT2D eigenvalue weighted by atomic mass is 32.1. The number of pyridine rings is 1. The minimum Gasteiger partial charge on any atom is -0.459 e. The molecule has 1 amide bonds. The summed E-state index contributed by atoms with van der Waals surface area (Å²) in [6.45, 7) is 8.40. The average molecular weight is 503 g/mol. The second-order valence-corrected chi connectivity index (χ2v) is 10.5. The van der Waals surface area contributed by atoms with E-state index < -0.39 is 0 Å². The highest BCUT2D eigenvalue weighted by Gasteiger charge is 2.28. The molecule has 5 rings (SSSR count). The summed E-state index contributed by atoms with van der Waals surface area (Å²) in [5.41, 5.74) is 5.22. The van der Waals surface area contributed by atoms with Crippen LogP contribution in [0.5, 0.6) is 0 Å². The Morgan fingerprint density at radius 2 is 1.97 bits per heavy atom. The van der Waals surface area contributed by atoms with E-state index in [1.165, 1.54) is 11.3 Å². The van der Waals surface area contributed by atoms with E-state index in [9.17, 15) is 9.59 Å². The number of nitrogens with one attached hydrogen (secondary N) is 1. The summed E-state index contributed by atoms with van der Waals surface area (Å²) in [4.78, 5) is 32.8. The minimum absolute atomic E-state index is 0.237. The molecule has 0 aliphatic heterocycles. The Balaban J connectivity index is 1.58. The third-order valence-electron chi connectivity index (χ3n) is 6.45. The van der Waals surface area contributed by atoms with Crippen LogP contribution in [0.1, 0.15) is 70.5 Å². The SMILES string of the molecule is CCn1cc(-c2cc(C(=O)Nc3sc4c(c3C(=O)OC(C)C)CCCC4)c3ccccc3n2)c(C)n1. The largest absolute Gasteiger partial charge is 0.459 e. The number of hydrogen-bond donors (Lipinski definition) is 1. The summed E-state index contributed by atoms with van der Waals surface area (Å²) in [5, 5.41) is 8.94. The van der Waals surface area contributed by atoms with Crippen LogP contribution in [0.15, 0.2) is 36.5 Å². The zero-order valence-electron chi connectivity index (χ0n) is 21.1. The number of aromatic nitrogens is 3. The van der Waals surface area contributed by atoms with Crippen molar-refractivity contribution in [2.24, 2.45) is 0 Å². The van der Waals surface area contributed by atoms with Gasteiger partial charge in [0.05, 0.1) is 34.1 Å². The lowest BCUT2D eigenvalue weighted by Crippen LogP contribution is -2.18. The van der Waals surface area contributed by atoms with Crippen molar-refractivity contribution in [3.63, 3.8) is 0 Å². The number of aryl methyl sites for hydroxylation is 3. The van der Waals surface area contributed by atoms with Crippen molar-refractivity contribution in [2.75, 3.05) is 5.32 Å². The van der Waals surface area contributed by atoms with E-state index in [0.29, 0.717) is 21.8 Å². The third kappa shape index (κ3) is 4.53. The van der Waals surface area contributed by atoms with Crippen LogP contribution in [0.25, 0.3) is 22.2 Å². The summed E-state index contributed by atoms with van der Waals surface area (Å²) in [6, 6.07) is 9.44. The fourth-order valence-electron chi connectivity index (χ4n) is 4.75. The van der Waals surface area contributed by atoms with Gasteiger partial charge < -0.3 is 10.1 Å². The van der Waals surface area contributed by atoms with Gasteiger partial charge in [0.1, 0.15) is 5.00 Å². The van der Waals surface area contributed by atoms with Gasteiger partial charge in [-0.2, -0.15) is 5.10 Å². The van der Waals surface area contributed by atoms with E-state index in [1.807, 2.05) is 68.9 Å². The molecule has 0 saturated heterocycles. The number of rotatable bonds is 6. The average Bonchev–Trinajstić information content (AvgIpc) is 3.42. The van der Waals surface area contributed by atoms with Crippen molar-refractivity contribution in [3.8, 4) is 11.3 Å². The molecule has 3 heterocycles. The van der Waals surface area contributed by atoms with Gasteiger partial charge in [-0.25, -0.2) is 9.78 Å². The molecule has 0 radical (unpaired) electrons. The number of esters is 1. The van der Waals surface area contributed by atoms with Gasteiger partial charge in [-0.15, -0.1) is 11.3 Å². The standard InChI is InChI=1S/C28H30N4O3S/c1-5-32-15-21(17(4)31-32)23-14-20(18-10-6-8-12-22(18)29-23)26(33)30-27-25(28(34)35-16(2)3)19-11-7-9-13-24(19)36-27/h6,8,10,12,14-16H,5,7,9,11,13H2,1-4H3,(H,30,33). The van der Waals surface area contributed by atoms with Crippen molar-refractivity contribution in [1.29, 1.82) is 0 Å². The Morgan fingerprint density at radius 3 is 2.72 bits per heavy atom. The molecule has 0 fully saturated rings. The van der Waals surface area contributed by atoms with Gasteiger partial charge in [-0.1, -0.05) is 18.2 Å². The van der Waals surface area contributed by atoms with Crippen LogP contribution in [0.4, 0.5) is 5.00 Å². The second-order valence-electron chi connectivity index (χ2n) is 9.38. The summed E-state index contributed by atoms with van der Waals surface area (Å²) in [7, 11) is 0. The van der Waals surface area contributed by atoms with Crippen LogP contribution >= 0.6 is 11.3 Å². The van der Waals surface area contributed by atoms with Crippen molar-refractivity contribution in [2.45, 2.75) is 66.0 Å². The zero-order valence-corrected chi connectivity index (χ0v) is 21.9. The predicted octanol–water partition coefficient (Wildman–Crippen LogP) is 6.18. The van der Waals surface area contributed by atoms with Gasteiger partial charge in [0.15, 0.2) is 0 Å². The Labute approximate surface area is 214 Å². The summed E-state index contributed by atoms with van der Waals surface area (Å²) in [5.74, 6) is -0.643. The molecule has 8 heteroatoms. The number of thiophene rings is 1. The number of nitrogens with zero attached hydrogens (tertiary/aromatic N) is 3. The molecule has 1 aliphatic carbocycles. The third-order valence-corrected chi connectivity index (χ3v) is 7.66.